The number of aryl methyl sites for hydroxylation is 2. The molecule has 0 fully saturated rings. The largest absolute Gasteiger partial charge is 0.337 e. The summed E-state index contributed by atoms with van der Waals surface area (Å²) < 4.78 is 4.83. The van der Waals surface area contributed by atoms with Gasteiger partial charge in [-0.25, -0.2) is 14.3 Å². The lowest BCUT2D eigenvalue weighted by Crippen LogP contribution is -2.39. The standard InChI is InChI=1S/C30H28N8O2/c1-3-18-36-28-26(29(39)38(30(36)40)22-10-6-5-7-11-22)37(25(4-2)31-28)19-20-14-16-21(17-15-20)23-12-8-9-13-24(23)27-32-34-35-33-27/h5-17H,3-4,18-19H2,1-2H3,(H,32,33,34,35). The molecule has 1 N–H and O–H groups in total. The predicted octanol–water partition coefficient (Wildman–Crippen LogP) is 4.22. The third-order valence-corrected chi connectivity index (χ3v) is 7.01. The van der Waals surface area contributed by atoms with Gasteiger partial charge in [0.05, 0.1) is 5.69 Å². The predicted molar refractivity (Wildman–Crippen MR) is 153 cm³/mol. The smallest absolute Gasteiger partial charge is 0.318 e. The number of imidazole rings is 1. The molecule has 3 aromatic carbocycles. The van der Waals surface area contributed by atoms with E-state index in [2.05, 4.69) is 20.6 Å². The van der Waals surface area contributed by atoms with Gasteiger partial charge < -0.3 is 4.57 Å². The lowest BCUT2D eigenvalue weighted by molar-refractivity contribution is 0.631. The normalized spacial score (nSPS) is 11.3. The highest BCUT2D eigenvalue weighted by atomic mass is 16.2. The number of hydrogen-bond acceptors (Lipinski definition) is 6. The molecule has 0 amide bonds. The molecule has 0 atom stereocenters. The van der Waals surface area contributed by atoms with Crippen molar-refractivity contribution in [1.82, 2.24) is 39.3 Å². The van der Waals surface area contributed by atoms with Gasteiger partial charge in [0.1, 0.15) is 5.82 Å². The number of aromatic amines is 1. The maximum absolute atomic E-state index is 13.9. The van der Waals surface area contributed by atoms with Crippen LogP contribution in [0.3, 0.4) is 0 Å². The van der Waals surface area contributed by atoms with Crippen LogP contribution in [0.2, 0.25) is 0 Å². The van der Waals surface area contributed by atoms with Crippen LogP contribution in [0.15, 0.2) is 88.5 Å². The lowest BCUT2D eigenvalue weighted by Gasteiger charge is -2.13. The van der Waals surface area contributed by atoms with Crippen molar-refractivity contribution in [1.29, 1.82) is 0 Å². The zero-order valence-corrected chi connectivity index (χ0v) is 22.3. The summed E-state index contributed by atoms with van der Waals surface area (Å²) in [5.41, 5.74) is 4.57. The first-order valence-electron chi connectivity index (χ1n) is 13.3. The Bertz CT molecular complexity index is 1900. The Hall–Kier alpha value is -5.12. The molecule has 6 aromatic rings. The summed E-state index contributed by atoms with van der Waals surface area (Å²) in [6, 6.07) is 25.2. The molecule has 10 nitrogen and oxygen atoms in total. The summed E-state index contributed by atoms with van der Waals surface area (Å²) in [6.45, 7) is 4.93. The molecule has 6 rings (SSSR count). The number of aromatic nitrogens is 8. The van der Waals surface area contributed by atoms with Crippen molar-refractivity contribution in [2.45, 2.75) is 39.8 Å². The van der Waals surface area contributed by atoms with Gasteiger partial charge in [-0.15, -0.1) is 10.2 Å². The number of hydrogen-bond donors (Lipinski definition) is 1. The first kappa shape index (κ1) is 25.2. The average Bonchev–Trinajstić information content (AvgIpc) is 3.65. The van der Waals surface area contributed by atoms with Gasteiger partial charge >= 0.3 is 5.69 Å². The number of H-pyrrole nitrogens is 1. The quantitative estimate of drug-likeness (QED) is 0.314. The van der Waals surface area contributed by atoms with Gasteiger partial charge in [0.2, 0.25) is 5.82 Å². The highest BCUT2D eigenvalue weighted by Gasteiger charge is 2.22. The fourth-order valence-corrected chi connectivity index (χ4v) is 5.14. The van der Waals surface area contributed by atoms with E-state index in [1.807, 2.05) is 85.1 Å². The van der Waals surface area contributed by atoms with Crippen LogP contribution in [0.4, 0.5) is 0 Å². The molecule has 0 aliphatic carbocycles. The van der Waals surface area contributed by atoms with Crippen molar-refractivity contribution in [3.05, 3.63) is 111 Å². The first-order chi connectivity index (χ1) is 19.6. The average molecular weight is 533 g/mol. The number of rotatable bonds is 8. The third kappa shape index (κ3) is 4.33. The minimum Gasteiger partial charge on any atom is -0.318 e. The number of benzene rings is 3. The van der Waals surface area contributed by atoms with Crippen LogP contribution < -0.4 is 11.2 Å². The van der Waals surface area contributed by atoms with Gasteiger partial charge in [0.25, 0.3) is 5.56 Å². The number of nitrogens with zero attached hydrogens (tertiary/aromatic N) is 7. The van der Waals surface area contributed by atoms with Crippen LogP contribution in [0, 0.1) is 0 Å². The van der Waals surface area contributed by atoms with E-state index in [0.29, 0.717) is 42.2 Å². The monoisotopic (exact) mass is 532 g/mol. The summed E-state index contributed by atoms with van der Waals surface area (Å²) in [7, 11) is 0. The number of para-hydroxylation sites is 1. The Morgan fingerprint density at radius 2 is 1.55 bits per heavy atom. The van der Waals surface area contributed by atoms with Crippen molar-refractivity contribution in [3.8, 4) is 28.2 Å². The molecule has 0 unspecified atom stereocenters. The maximum Gasteiger partial charge on any atom is 0.337 e. The van der Waals surface area contributed by atoms with E-state index in [0.717, 1.165) is 34.5 Å². The second-order valence-electron chi connectivity index (χ2n) is 9.53. The van der Waals surface area contributed by atoms with Crippen molar-refractivity contribution < 1.29 is 0 Å². The van der Waals surface area contributed by atoms with Gasteiger partial charge in [-0.1, -0.05) is 80.6 Å². The van der Waals surface area contributed by atoms with Crippen LogP contribution in [0.5, 0.6) is 0 Å². The van der Waals surface area contributed by atoms with Gasteiger partial charge in [0.15, 0.2) is 11.2 Å². The molecule has 200 valence electrons. The molecule has 3 aromatic heterocycles. The minimum atomic E-state index is -0.373. The maximum atomic E-state index is 13.9. The lowest BCUT2D eigenvalue weighted by atomic mass is 9.98. The van der Waals surface area contributed by atoms with Crippen molar-refractivity contribution in [2.75, 3.05) is 0 Å². The van der Waals surface area contributed by atoms with Gasteiger partial charge in [-0.05, 0) is 40.5 Å². The molecule has 0 bridgehead atoms. The summed E-state index contributed by atoms with van der Waals surface area (Å²) in [4.78, 5) is 32.2. The third-order valence-electron chi connectivity index (χ3n) is 7.01. The number of fused-ring (bicyclic) bond motifs is 1. The highest BCUT2D eigenvalue weighted by Crippen LogP contribution is 2.30. The van der Waals surface area contributed by atoms with Crippen LogP contribution in [0.1, 0.15) is 31.7 Å². The Kier molecular flexibility index (Phi) is 6.65. The Balaban J connectivity index is 1.46. The Morgan fingerprint density at radius 1 is 0.825 bits per heavy atom. The van der Waals surface area contributed by atoms with E-state index in [-0.39, 0.29) is 11.2 Å². The molecule has 3 heterocycles. The topological polar surface area (TPSA) is 116 Å². The molecular weight excluding hydrogens is 504 g/mol. The van der Waals surface area contributed by atoms with Crippen LogP contribution >= 0.6 is 0 Å². The van der Waals surface area contributed by atoms with E-state index in [4.69, 9.17) is 4.98 Å². The van der Waals surface area contributed by atoms with E-state index >= 15 is 0 Å². The van der Waals surface area contributed by atoms with Gasteiger partial charge in [-0.2, -0.15) is 5.21 Å². The Labute approximate surface area is 229 Å². The fourth-order valence-electron chi connectivity index (χ4n) is 5.14. The molecule has 0 radical (unpaired) electrons. The highest BCUT2D eigenvalue weighted by molar-refractivity contribution is 5.80. The van der Waals surface area contributed by atoms with Crippen LogP contribution in [0.25, 0.3) is 39.4 Å². The molecule has 0 saturated heterocycles. The van der Waals surface area contributed by atoms with Gasteiger partial charge in [-0.3, -0.25) is 9.36 Å². The summed E-state index contributed by atoms with van der Waals surface area (Å²) in [5.74, 6) is 1.29. The second kappa shape index (κ2) is 10.6. The fraction of sp³-hybridized carbons (Fsp3) is 0.200. The van der Waals surface area contributed by atoms with Crippen LogP contribution in [-0.4, -0.2) is 39.3 Å². The van der Waals surface area contributed by atoms with Crippen LogP contribution in [-0.2, 0) is 19.5 Å². The molecule has 0 spiro atoms. The van der Waals surface area contributed by atoms with E-state index < -0.39 is 0 Å². The SMILES string of the molecule is CCCn1c(=O)n(-c2ccccc2)c(=O)c2c1nc(CC)n2Cc1ccc(-c2ccccc2-c2nn[nH]n2)cc1. The van der Waals surface area contributed by atoms with E-state index in [9.17, 15) is 9.59 Å². The second-order valence-corrected chi connectivity index (χ2v) is 9.53. The number of tetrazole rings is 1. The number of nitrogens with one attached hydrogen (secondary N) is 1. The first-order valence-corrected chi connectivity index (χ1v) is 13.3. The van der Waals surface area contributed by atoms with Crippen molar-refractivity contribution >= 4 is 11.2 Å². The molecule has 40 heavy (non-hydrogen) atoms. The summed E-state index contributed by atoms with van der Waals surface area (Å²) in [5, 5.41) is 14.5. The molecular formula is C30H28N8O2. The van der Waals surface area contributed by atoms with E-state index in [1.165, 1.54) is 4.57 Å². The van der Waals surface area contributed by atoms with Crippen molar-refractivity contribution in [3.63, 3.8) is 0 Å². The molecule has 0 aliphatic rings. The zero-order valence-electron chi connectivity index (χ0n) is 22.3. The summed E-state index contributed by atoms with van der Waals surface area (Å²) >= 11 is 0. The Morgan fingerprint density at radius 3 is 2.23 bits per heavy atom. The van der Waals surface area contributed by atoms with E-state index in [1.54, 1.807) is 16.7 Å². The minimum absolute atomic E-state index is 0.364. The molecule has 0 saturated carbocycles. The van der Waals surface area contributed by atoms with Gasteiger partial charge in [0, 0.05) is 25.1 Å². The molecule has 0 aliphatic heterocycles. The zero-order chi connectivity index (χ0) is 27.6. The summed E-state index contributed by atoms with van der Waals surface area (Å²) in [6.07, 6.45) is 1.36. The van der Waals surface area contributed by atoms with Crippen molar-refractivity contribution in [2.24, 2.45) is 0 Å². The molecule has 10 heteroatoms.